The Labute approximate surface area is 111 Å². The standard InChI is InChI=1S/C11H19N5O3/c1-2-3-5-12-11(19)13-10(18)8-16-7-9(4-6-17)14-15-16/h7,17H,2-6,8H2,1H3,(H2,12,13,18,19). The third kappa shape index (κ3) is 5.96. The van der Waals surface area contributed by atoms with E-state index in [9.17, 15) is 9.59 Å². The number of imide groups is 1. The molecule has 106 valence electrons. The van der Waals surface area contributed by atoms with Crippen LogP contribution in [0.5, 0.6) is 0 Å². The van der Waals surface area contributed by atoms with Crippen molar-refractivity contribution in [1.29, 1.82) is 0 Å². The first-order valence-corrected chi connectivity index (χ1v) is 6.23. The van der Waals surface area contributed by atoms with Crippen LogP contribution in [0.15, 0.2) is 6.20 Å². The summed E-state index contributed by atoms with van der Waals surface area (Å²) >= 11 is 0. The summed E-state index contributed by atoms with van der Waals surface area (Å²) in [6.07, 6.45) is 3.79. The number of hydrogen-bond acceptors (Lipinski definition) is 5. The lowest BCUT2D eigenvalue weighted by Crippen LogP contribution is -2.41. The molecule has 8 heteroatoms. The summed E-state index contributed by atoms with van der Waals surface area (Å²) in [5.41, 5.74) is 0.600. The van der Waals surface area contributed by atoms with E-state index in [1.54, 1.807) is 6.20 Å². The SMILES string of the molecule is CCCCNC(=O)NC(=O)Cn1cc(CCO)nn1. The highest BCUT2D eigenvalue weighted by molar-refractivity contribution is 5.94. The van der Waals surface area contributed by atoms with Crippen LogP contribution in [0.25, 0.3) is 0 Å². The summed E-state index contributed by atoms with van der Waals surface area (Å²) in [6.45, 7) is 2.45. The molecule has 8 nitrogen and oxygen atoms in total. The maximum atomic E-state index is 11.5. The van der Waals surface area contributed by atoms with E-state index in [4.69, 9.17) is 5.11 Å². The second-order valence-corrected chi connectivity index (χ2v) is 4.04. The molecule has 3 N–H and O–H groups in total. The fraction of sp³-hybridized carbons (Fsp3) is 0.636. The number of nitrogens with one attached hydrogen (secondary N) is 2. The first kappa shape index (κ1) is 15.1. The van der Waals surface area contributed by atoms with Crippen LogP contribution in [0.1, 0.15) is 25.5 Å². The molecular weight excluding hydrogens is 250 g/mol. The average Bonchev–Trinajstić information content (AvgIpc) is 2.77. The van der Waals surface area contributed by atoms with E-state index in [1.165, 1.54) is 4.68 Å². The zero-order valence-electron chi connectivity index (χ0n) is 10.9. The molecule has 0 atom stereocenters. The van der Waals surface area contributed by atoms with Crippen molar-refractivity contribution in [2.75, 3.05) is 13.2 Å². The fourth-order valence-electron chi connectivity index (χ4n) is 1.38. The summed E-state index contributed by atoms with van der Waals surface area (Å²) in [5, 5.41) is 21.0. The molecule has 1 rings (SSSR count). The zero-order valence-corrected chi connectivity index (χ0v) is 10.9. The minimum Gasteiger partial charge on any atom is -0.396 e. The summed E-state index contributed by atoms with van der Waals surface area (Å²) in [5.74, 6) is -0.463. The third-order valence-corrected chi connectivity index (χ3v) is 2.33. The van der Waals surface area contributed by atoms with Gasteiger partial charge in [0.25, 0.3) is 0 Å². The van der Waals surface area contributed by atoms with Gasteiger partial charge in [0.2, 0.25) is 5.91 Å². The Balaban J connectivity index is 2.31. The highest BCUT2D eigenvalue weighted by Gasteiger charge is 2.09. The molecule has 0 radical (unpaired) electrons. The molecule has 0 fully saturated rings. The molecule has 1 aromatic rings. The number of hydrogen-bond donors (Lipinski definition) is 3. The normalized spacial score (nSPS) is 10.2. The van der Waals surface area contributed by atoms with Gasteiger partial charge in [-0.15, -0.1) is 5.10 Å². The van der Waals surface area contributed by atoms with Crippen LogP contribution in [0.2, 0.25) is 0 Å². The molecule has 19 heavy (non-hydrogen) atoms. The van der Waals surface area contributed by atoms with Gasteiger partial charge in [-0.25, -0.2) is 9.48 Å². The average molecular weight is 269 g/mol. The zero-order chi connectivity index (χ0) is 14.1. The number of carbonyl (C=O) groups is 2. The number of aromatic nitrogens is 3. The molecule has 0 aliphatic rings. The number of urea groups is 1. The van der Waals surface area contributed by atoms with Gasteiger partial charge in [0, 0.05) is 25.8 Å². The van der Waals surface area contributed by atoms with Crippen LogP contribution in [-0.2, 0) is 17.8 Å². The largest absolute Gasteiger partial charge is 0.396 e. The number of nitrogens with zero attached hydrogens (tertiary/aromatic N) is 3. The lowest BCUT2D eigenvalue weighted by atomic mass is 10.3. The van der Waals surface area contributed by atoms with Gasteiger partial charge >= 0.3 is 6.03 Å². The summed E-state index contributed by atoms with van der Waals surface area (Å²) in [4.78, 5) is 22.8. The van der Waals surface area contributed by atoms with Crippen LogP contribution in [0.4, 0.5) is 4.79 Å². The van der Waals surface area contributed by atoms with Crippen molar-refractivity contribution in [2.45, 2.75) is 32.7 Å². The van der Waals surface area contributed by atoms with Crippen molar-refractivity contribution < 1.29 is 14.7 Å². The number of aliphatic hydroxyl groups excluding tert-OH is 1. The number of amides is 3. The molecule has 0 aliphatic carbocycles. The van der Waals surface area contributed by atoms with Gasteiger partial charge in [-0.2, -0.15) is 0 Å². The molecule has 0 aromatic carbocycles. The van der Waals surface area contributed by atoms with E-state index < -0.39 is 11.9 Å². The quantitative estimate of drug-likeness (QED) is 0.575. The van der Waals surface area contributed by atoms with Gasteiger partial charge in [-0.1, -0.05) is 18.6 Å². The maximum Gasteiger partial charge on any atom is 0.321 e. The lowest BCUT2D eigenvalue weighted by molar-refractivity contribution is -0.120. The molecule has 0 aliphatic heterocycles. The Bertz CT molecular complexity index is 418. The first-order valence-electron chi connectivity index (χ1n) is 6.23. The second-order valence-electron chi connectivity index (χ2n) is 4.04. The highest BCUT2D eigenvalue weighted by atomic mass is 16.3. The topological polar surface area (TPSA) is 109 Å². The molecule has 0 bridgehead atoms. The Morgan fingerprint density at radius 2 is 2.26 bits per heavy atom. The van der Waals surface area contributed by atoms with E-state index in [1.807, 2.05) is 6.92 Å². The minimum atomic E-state index is -0.505. The monoisotopic (exact) mass is 269 g/mol. The van der Waals surface area contributed by atoms with Crippen molar-refractivity contribution in [3.05, 3.63) is 11.9 Å². The Hall–Kier alpha value is -1.96. The number of rotatable bonds is 7. The molecule has 0 saturated carbocycles. The van der Waals surface area contributed by atoms with Crippen LogP contribution in [0.3, 0.4) is 0 Å². The van der Waals surface area contributed by atoms with Gasteiger partial charge in [-0.3, -0.25) is 10.1 Å². The predicted octanol–water partition coefficient (Wildman–Crippen LogP) is -0.561. The molecule has 0 saturated heterocycles. The van der Waals surface area contributed by atoms with Gasteiger partial charge in [0.15, 0.2) is 0 Å². The van der Waals surface area contributed by atoms with E-state index >= 15 is 0 Å². The molecule has 0 spiro atoms. The molecule has 1 aromatic heterocycles. The van der Waals surface area contributed by atoms with Crippen LogP contribution in [0, 0.1) is 0 Å². The van der Waals surface area contributed by atoms with E-state index in [2.05, 4.69) is 20.9 Å². The van der Waals surface area contributed by atoms with E-state index in [0.29, 0.717) is 18.7 Å². The molecule has 0 unspecified atom stereocenters. The summed E-state index contributed by atoms with van der Waals surface area (Å²) < 4.78 is 1.32. The van der Waals surface area contributed by atoms with E-state index in [-0.39, 0.29) is 13.2 Å². The highest BCUT2D eigenvalue weighted by Crippen LogP contribution is 1.93. The third-order valence-electron chi connectivity index (χ3n) is 2.33. The lowest BCUT2D eigenvalue weighted by Gasteiger charge is -2.05. The number of unbranched alkanes of at least 4 members (excludes halogenated alkanes) is 1. The molecule has 3 amide bonds. The van der Waals surface area contributed by atoms with Crippen LogP contribution >= 0.6 is 0 Å². The van der Waals surface area contributed by atoms with Crippen molar-refractivity contribution >= 4 is 11.9 Å². The van der Waals surface area contributed by atoms with Crippen molar-refractivity contribution in [3.8, 4) is 0 Å². The predicted molar refractivity (Wildman–Crippen MR) is 67.3 cm³/mol. The number of carbonyl (C=O) groups excluding carboxylic acids is 2. The van der Waals surface area contributed by atoms with Crippen molar-refractivity contribution in [1.82, 2.24) is 25.6 Å². The summed E-state index contributed by atoms with van der Waals surface area (Å²) in [7, 11) is 0. The van der Waals surface area contributed by atoms with Crippen LogP contribution in [-0.4, -0.2) is 45.2 Å². The second kappa shape index (κ2) is 8.20. The van der Waals surface area contributed by atoms with Crippen molar-refractivity contribution in [2.24, 2.45) is 0 Å². The van der Waals surface area contributed by atoms with Crippen molar-refractivity contribution in [3.63, 3.8) is 0 Å². The van der Waals surface area contributed by atoms with Gasteiger partial charge in [0.1, 0.15) is 6.54 Å². The Morgan fingerprint density at radius 1 is 1.47 bits per heavy atom. The minimum absolute atomic E-state index is 0.0231. The maximum absolute atomic E-state index is 11.5. The van der Waals surface area contributed by atoms with Gasteiger partial charge in [0.05, 0.1) is 5.69 Å². The van der Waals surface area contributed by atoms with Crippen LogP contribution < -0.4 is 10.6 Å². The first-order chi connectivity index (χ1) is 9.15. The molecule has 1 heterocycles. The summed E-state index contributed by atoms with van der Waals surface area (Å²) in [6, 6.07) is -0.505. The van der Waals surface area contributed by atoms with Gasteiger partial charge < -0.3 is 10.4 Å². The Kier molecular flexibility index (Phi) is 6.51. The smallest absolute Gasteiger partial charge is 0.321 e. The van der Waals surface area contributed by atoms with Gasteiger partial charge in [-0.05, 0) is 6.42 Å². The Morgan fingerprint density at radius 3 is 2.95 bits per heavy atom. The number of aliphatic hydroxyl groups is 1. The van der Waals surface area contributed by atoms with E-state index in [0.717, 1.165) is 12.8 Å². The fourth-order valence-corrected chi connectivity index (χ4v) is 1.38. The molecular formula is C11H19N5O3.